The van der Waals surface area contributed by atoms with Gasteiger partial charge in [-0.15, -0.1) is 5.10 Å². The molecule has 0 unspecified atom stereocenters. The molecule has 0 bridgehead atoms. The van der Waals surface area contributed by atoms with Crippen LogP contribution < -0.4 is 22.0 Å². The summed E-state index contributed by atoms with van der Waals surface area (Å²) in [5.74, 6) is -0.656. The standard InChI is InChI=1S/C13H13ClN6O3/c1-7(16-10-12(22)17-13(23)20-18-10)11(21)19-15-6-8-2-4-9(14)5-3-8/h2-7H,1H3,(H,16,18)(H,19,21)(H2,17,20,22,23)/t7-/m1/s1. The maximum absolute atomic E-state index is 11.8. The number of aromatic amines is 2. The maximum Gasteiger partial charge on any atom is 0.342 e. The number of carbonyl (C=O) groups is 1. The summed E-state index contributed by atoms with van der Waals surface area (Å²) in [6.45, 7) is 1.51. The molecule has 1 amide bonds. The van der Waals surface area contributed by atoms with E-state index in [9.17, 15) is 14.4 Å². The average molecular weight is 337 g/mol. The molecule has 0 aliphatic heterocycles. The summed E-state index contributed by atoms with van der Waals surface area (Å²) in [4.78, 5) is 36.1. The summed E-state index contributed by atoms with van der Waals surface area (Å²) in [5, 5.41) is 12.5. The van der Waals surface area contributed by atoms with Crippen LogP contribution >= 0.6 is 11.6 Å². The van der Waals surface area contributed by atoms with Gasteiger partial charge in [0.2, 0.25) is 5.82 Å². The lowest BCUT2D eigenvalue weighted by Crippen LogP contribution is -2.38. The highest BCUT2D eigenvalue weighted by Gasteiger charge is 2.14. The first-order chi connectivity index (χ1) is 11.0. The van der Waals surface area contributed by atoms with Crippen molar-refractivity contribution in [3.05, 3.63) is 55.7 Å². The van der Waals surface area contributed by atoms with Gasteiger partial charge in [-0.3, -0.25) is 14.6 Å². The number of carbonyl (C=O) groups excluding carboxylic acids is 1. The van der Waals surface area contributed by atoms with Crippen LogP contribution in [0.25, 0.3) is 0 Å². The van der Waals surface area contributed by atoms with Crippen molar-refractivity contribution >= 4 is 29.5 Å². The van der Waals surface area contributed by atoms with Crippen LogP contribution in [0.1, 0.15) is 12.5 Å². The first-order valence-corrected chi connectivity index (χ1v) is 6.87. The SMILES string of the molecule is C[C@@H](Nc1n[nH]c(=O)[nH]c1=O)C(=O)NN=Cc1ccc(Cl)cc1. The Morgan fingerprint density at radius 1 is 1.35 bits per heavy atom. The molecular formula is C13H13ClN6O3. The average Bonchev–Trinajstić information content (AvgIpc) is 2.51. The second-order valence-electron chi connectivity index (χ2n) is 4.51. The first kappa shape index (κ1) is 16.4. The Morgan fingerprint density at radius 2 is 2.04 bits per heavy atom. The lowest BCUT2D eigenvalue weighted by atomic mass is 10.2. The van der Waals surface area contributed by atoms with Crippen LogP contribution in [-0.2, 0) is 4.79 Å². The number of anilines is 1. The summed E-state index contributed by atoms with van der Waals surface area (Å²) < 4.78 is 0. The Balaban J connectivity index is 1.93. The molecule has 0 aliphatic carbocycles. The van der Waals surface area contributed by atoms with Crippen molar-refractivity contribution in [3.63, 3.8) is 0 Å². The van der Waals surface area contributed by atoms with E-state index in [2.05, 4.69) is 26.0 Å². The Labute approximate surface area is 134 Å². The summed E-state index contributed by atoms with van der Waals surface area (Å²) in [5.41, 5.74) is 1.62. The summed E-state index contributed by atoms with van der Waals surface area (Å²) in [7, 11) is 0. The number of nitrogens with zero attached hydrogens (tertiary/aromatic N) is 2. The fourth-order valence-electron chi connectivity index (χ4n) is 1.53. The normalized spacial score (nSPS) is 12.1. The maximum atomic E-state index is 11.8. The van der Waals surface area contributed by atoms with Crippen molar-refractivity contribution in [3.8, 4) is 0 Å². The van der Waals surface area contributed by atoms with Crippen LogP contribution in [-0.4, -0.2) is 33.3 Å². The third-order valence-corrected chi connectivity index (χ3v) is 2.97. The van der Waals surface area contributed by atoms with E-state index in [-0.39, 0.29) is 5.82 Å². The van der Waals surface area contributed by atoms with Crippen LogP contribution in [0, 0.1) is 0 Å². The number of H-pyrrole nitrogens is 2. The number of benzene rings is 1. The molecule has 1 aromatic heterocycles. The number of aromatic nitrogens is 3. The van der Waals surface area contributed by atoms with Gasteiger partial charge in [-0.05, 0) is 24.6 Å². The zero-order chi connectivity index (χ0) is 16.8. The second kappa shape index (κ2) is 7.36. The summed E-state index contributed by atoms with van der Waals surface area (Å²) >= 11 is 5.76. The molecular weight excluding hydrogens is 324 g/mol. The van der Waals surface area contributed by atoms with E-state index in [1.54, 1.807) is 24.3 Å². The highest BCUT2D eigenvalue weighted by atomic mass is 35.5. The molecule has 1 aromatic carbocycles. The Kier molecular flexibility index (Phi) is 5.26. The van der Waals surface area contributed by atoms with Gasteiger partial charge in [-0.25, -0.2) is 15.3 Å². The lowest BCUT2D eigenvalue weighted by molar-refractivity contribution is -0.121. The van der Waals surface area contributed by atoms with Crippen molar-refractivity contribution in [2.45, 2.75) is 13.0 Å². The van der Waals surface area contributed by atoms with Crippen LogP contribution in [0.15, 0.2) is 39.0 Å². The predicted molar refractivity (Wildman–Crippen MR) is 85.8 cm³/mol. The minimum absolute atomic E-state index is 0.172. The van der Waals surface area contributed by atoms with Crippen LogP contribution in [0.3, 0.4) is 0 Å². The Bertz CT molecular complexity index is 827. The monoisotopic (exact) mass is 336 g/mol. The highest BCUT2D eigenvalue weighted by Crippen LogP contribution is 2.07. The first-order valence-electron chi connectivity index (χ1n) is 6.50. The van der Waals surface area contributed by atoms with Gasteiger partial charge in [0.05, 0.1) is 6.21 Å². The van der Waals surface area contributed by atoms with E-state index in [1.165, 1.54) is 13.1 Å². The summed E-state index contributed by atoms with van der Waals surface area (Å²) in [6, 6.07) is 6.08. The Hall–Kier alpha value is -2.94. The number of nitrogens with one attached hydrogen (secondary N) is 4. The van der Waals surface area contributed by atoms with E-state index >= 15 is 0 Å². The van der Waals surface area contributed by atoms with E-state index < -0.39 is 23.2 Å². The van der Waals surface area contributed by atoms with Gasteiger partial charge in [-0.1, -0.05) is 23.7 Å². The van der Waals surface area contributed by atoms with Crippen LogP contribution in [0.2, 0.25) is 5.02 Å². The van der Waals surface area contributed by atoms with E-state index in [4.69, 9.17) is 11.6 Å². The molecule has 10 heteroatoms. The van der Waals surface area contributed by atoms with Gasteiger partial charge < -0.3 is 5.32 Å². The largest absolute Gasteiger partial charge is 0.353 e. The van der Waals surface area contributed by atoms with Gasteiger partial charge in [0.1, 0.15) is 6.04 Å². The molecule has 0 fully saturated rings. The number of rotatable bonds is 5. The second-order valence-corrected chi connectivity index (χ2v) is 4.94. The van der Waals surface area contributed by atoms with Gasteiger partial charge in [0, 0.05) is 5.02 Å². The quantitative estimate of drug-likeness (QED) is 0.453. The van der Waals surface area contributed by atoms with Gasteiger partial charge in [-0.2, -0.15) is 5.10 Å². The van der Waals surface area contributed by atoms with Crippen LogP contribution in [0.5, 0.6) is 0 Å². The molecule has 120 valence electrons. The van der Waals surface area contributed by atoms with E-state index in [0.29, 0.717) is 5.02 Å². The number of amides is 1. The molecule has 1 heterocycles. The summed E-state index contributed by atoms with van der Waals surface area (Å²) in [6.07, 6.45) is 1.45. The third-order valence-electron chi connectivity index (χ3n) is 2.72. The molecule has 9 nitrogen and oxygen atoms in total. The van der Waals surface area contributed by atoms with Crippen molar-refractivity contribution in [2.75, 3.05) is 5.32 Å². The molecule has 0 aliphatic rings. The number of halogens is 1. The third kappa shape index (κ3) is 4.78. The lowest BCUT2D eigenvalue weighted by Gasteiger charge is -2.11. The zero-order valence-electron chi connectivity index (χ0n) is 12.0. The Morgan fingerprint density at radius 3 is 2.70 bits per heavy atom. The molecule has 0 radical (unpaired) electrons. The minimum Gasteiger partial charge on any atom is -0.353 e. The van der Waals surface area contributed by atoms with Crippen molar-refractivity contribution in [1.29, 1.82) is 0 Å². The van der Waals surface area contributed by atoms with E-state index in [0.717, 1.165) is 5.56 Å². The molecule has 4 N–H and O–H groups in total. The van der Waals surface area contributed by atoms with E-state index in [1.807, 2.05) is 4.98 Å². The molecule has 2 rings (SSSR count). The molecule has 2 aromatic rings. The van der Waals surface area contributed by atoms with Gasteiger partial charge in [0.25, 0.3) is 11.5 Å². The smallest absolute Gasteiger partial charge is 0.342 e. The topological polar surface area (TPSA) is 132 Å². The zero-order valence-corrected chi connectivity index (χ0v) is 12.7. The number of hydrazone groups is 1. The highest BCUT2D eigenvalue weighted by molar-refractivity contribution is 6.30. The number of hydrogen-bond acceptors (Lipinski definition) is 6. The van der Waals surface area contributed by atoms with Gasteiger partial charge in [0.15, 0.2) is 0 Å². The van der Waals surface area contributed by atoms with Gasteiger partial charge >= 0.3 is 5.69 Å². The molecule has 0 saturated heterocycles. The molecule has 0 saturated carbocycles. The fourth-order valence-corrected chi connectivity index (χ4v) is 1.66. The van der Waals surface area contributed by atoms with Crippen molar-refractivity contribution < 1.29 is 4.79 Å². The molecule has 23 heavy (non-hydrogen) atoms. The molecule has 1 atom stereocenters. The van der Waals surface area contributed by atoms with Crippen molar-refractivity contribution in [2.24, 2.45) is 5.10 Å². The van der Waals surface area contributed by atoms with Crippen molar-refractivity contribution in [1.82, 2.24) is 20.6 Å². The minimum atomic E-state index is -0.795. The number of hydrogen-bond donors (Lipinski definition) is 4. The predicted octanol–water partition coefficient (Wildman–Crippen LogP) is 0.0623. The molecule has 0 spiro atoms. The fraction of sp³-hybridized carbons (Fsp3) is 0.154. The van der Waals surface area contributed by atoms with Crippen LogP contribution in [0.4, 0.5) is 5.82 Å².